The third-order valence-electron chi connectivity index (χ3n) is 5.11. The number of likely N-dealkylation sites (tertiary alicyclic amines) is 1. The monoisotopic (exact) mass is 385 g/mol. The van der Waals surface area contributed by atoms with Gasteiger partial charge in [0.2, 0.25) is 11.8 Å². The van der Waals surface area contributed by atoms with Crippen LogP contribution in [0.1, 0.15) is 36.8 Å². The molecule has 150 valence electrons. The minimum absolute atomic E-state index is 0.0450. The number of piperidine rings is 1. The molecule has 0 radical (unpaired) electrons. The van der Waals surface area contributed by atoms with E-state index in [1.807, 2.05) is 37.3 Å². The van der Waals surface area contributed by atoms with Gasteiger partial charge in [0, 0.05) is 25.6 Å². The molecule has 1 aliphatic rings. The van der Waals surface area contributed by atoms with Gasteiger partial charge in [0.1, 0.15) is 5.75 Å². The molecule has 1 atom stereocenters. The summed E-state index contributed by atoms with van der Waals surface area (Å²) in [4.78, 5) is 26.6. The Morgan fingerprint density at radius 3 is 2.82 bits per heavy atom. The highest BCUT2D eigenvalue weighted by atomic mass is 16.5. The number of benzene rings is 1. The molecule has 1 aromatic heterocycles. The number of aromatic nitrogens is 1. The fourth-order valence-electron chi connectivity index (χ4n) is 3.33. The van der Waals surface area contributed by atoms with E-state index in [0.29, 0.717) is 38.2 Å². The van der Waals surface area contributed by atoms with E-state index in [4.69, 9.17) is 9.26 Å². The minimum Gasteiger partial charge on any atom is -0.497 e. The summed E-state index contributed by atoms with van der Waals surface area (Å²) >= 11 is 0. The van der Waals surface area contributed by atoms with Crippen LogP contribution in [0.15, 0.2) is 34.9 Å². The zero-order valence-electron chi connectivity index (χ0n) is 16.4. The molecule has 1 N–H and O–H groups in total. The number of hydrogen-bond donors (Lipinski definition) is 1. The van der Waals surface area contributed by atoms with E-state index >= 15 is 0 Å². The van der Waals surface area contributed by atoms with Gasteiger partial charge < -0.3 is 19.5 Å². The maximum atomic E-state index is 12.5. The van der Waals surface area contributed by atoms with Crippen LogP contribution in [0.2, 0.25) is 0 Å². The van der Waals surface area contributed by atoms with Crippen LogP contribution in [0.4, 0.5) is 0 Å². The van der Waals surface area contributed by atoms with E-state index in [1.165, 1.54) is 0 Å². The quantitative estimate of drug-likeness (QED) is 0.754. The predicted molar refractivity (Wildman–Crippen MR) is 104 cm³/mol. The van der Waals surface area contributed by atoms with Crippen LogP contribution < -0.4 is 10.1 Å². The standard InChI is InChI=1S/C21H27N3O4/c1-3-17-12-19(28-23-17)13-22-21(26)16-6-9-20(25)24(14-16)11-10-15-4-7-18(27-2)8-5-15/h4-5,7-8,12,16H,3,6,9-11,13-14H2,1-2H3,(H,22,26)/t16-/m1/s1. The highest BCUT2D eigenvalue weighted by Crippen LogP contribution is 2.19. The Morgan fingerprint density at radius 1 is 1.36 bits per heavy atom. The topological polar surface area (TPSA) is 84.7 Å². The summed E-state index contributed by atoms with van der Waals surface area (Å²) in [6.45, 7) is 3.39. The molecule has 0 bridgehead atoms. The molecule has 0 saturated carbocycles. The van der Waals surface area contributed by atoms with Crippen molar-refractivity contribution in [3.8, 4) is 5.75 Å². The van der Waals surface area contributed by atoms with Gasteiger partial charge in [0.15, 0.2) is 5.76 Å². The van der Waals surface area contributed by atoms with E-state index < -0.39 is 0 Å². The zero-order chi connectivity index (χ0) is 19.9. The molecular formula is C21H27N3O4. The molecule has 3 rings (SSSR count). The van der Waals surface area contributed by atoms with E-state index in [9.17, 15) is 9.59 Å². The predicted octanol–water partition coefficient (Wildman–Crippen LogP) is 2.34. The number of rotatable bonds is 8. The Hall–Kier alpha value is -2.83. The molecule has 1 aliphatic heterocycles. The number of methoxy groups -OCH3 is 1. The summed E-state index contributed by atoms with van der Waals surface area (Å²) < 4.78 is 10.4. The summed E-state index contributed by atoms with van der Waals surface area (Å²) in [6, 6.07) is 9.68. The number of carbonyl (C=O) groups excluding carboxylic acids is 2. The first-order chi connectivity index (χ1) is 13.6. The third kappa shape index (κ3) is 5.12. The van der Waals surface area contributed by atoms with Crippen LogP contribution >= 0.6 is 0 Å². The second kappa shape index (κ2) is 9.39. The van der Waals surface area contributed by atoms with E-state index in [0.717, 1.165) is 29.8 Å². The molecule has 2 amide bonds. The molecule has 0 unspecified atom stereocenters. The van der Waals surface area contributed by atoms with Gasteiger partial charge in [0.25, 0.3) is 0 Å². The Morgan fingerprint density at radius 2 is 2.14 bits per heavy atom. The van der Waals surface area contributed by atoms with Gasteiger partial charge in [-0.2, -0.15) is 0 Å². The molecule has 1 fully saturated rings. The Bertz CT molecular complexity index is 800. The fraction of sp³-hybridized carbons (Fsp3) is 0.476. The van der Waals surface area contributed by atoms with Crippen molar-refractivity contribution in [2.75, 3.05) is 20.2 Å². The summed E-state index contributed by atoms with van der Waals surface area (Å²) in [5, 5.41) is 6.83. The van der Waals surface area contributed by atoms with Crippen molar-refractivity contribution in [3.63, 3.8) is 0 Å². The van der Waals surface area contributed by atoms with Crippen LogP contribution in [-0.4, -0.2) is 42.1 Å². The van der Waals surface area contributed by atoms with Gasteiger partial charge in [-0.3, -0.25) is 9.59 Å². The van der Waals surface area contributed by atoms with Crippen molar-refractivity contribution in [3.05, 3.63) is 47.3 Å². The Labute approximate surface area is 165 Å². The minimum atomic E-state index is -0.192. The average Bonchev–Trinajstić information content (AvgIpc) is 3.20. The fourth-order valence-corrected chi connectivity index (χ4v) is 3.33. The Kier molecular flexibility index (Phi) is 6.68. The number of ether oxygens (including phenoxy) is 1. The lowest BCUT2D eigenvalue weighted by molar-refractivity contribution is -0.138. The van der Waals surface area contributed by atoms with Crippen LogP contribution in [-0.2, 0) is 29.0 Å². The van der Waals surface area contributed by atoms with Crippen molar-refractivity contribution < 1.29 is 18.8 Å². The van der Waals surface area contributed by atoms with E-state index in [-0.39, 0.29) is 17.7 Å². The van der Waals surface area contributed by atoms with Gasteiger partial charge in [0.05, 0.1) is 25.3 Å². The number of nitrogens with zero attached hydrogens (tertiary/aromatic N) is 2. The van der Waals surface area contributed by atoms with Gasteiger partial charge >= 0.3 is 0 Å². The van der Waals surface area contributed by atoms with Crippen LogP contribution in [0.25, 0.3) is 0 Å². The van der Waals surface area contributed by atoms with Crippen molar-refractivity contribution in [2.24, 2.45) is 5.92 Å². The summed E-state index contributed by atoms with van der Waals surface area (Å²) in [6.07, 6.45) is 2.54. The molecule has 7 heteroatoms. The lowest BCUT2D eigenvalue weighted by Gasteiger charge is -2.32. The maximum Gasteiger partial charge on any atom is 0.225 e. The third-order valence-corrected chi connectivity index (χ3v) is 5.11. The summed E-state index contributed by atoms with van der Waals surface area (Å²) in [5.74, 6) is 1.33. The average molecular weight is 385 g/mol. The molecule has 0 aliphatic carbocycles. The first kappa shape index (κ1) is 19.9. The molecule has 1 saturated heterocycles. The lowest BCUT2D eigenvalue weighted by atomic mass is 9.96. The molecule has 7 nitrogen and oxygen atoms in total. The largest absolute Gasteiger partial charge is 0.497 e. The van der Waals surface area contributed by atoms with Crippen molar-refractivity contribution in [1.82, 2.24) is 15.4 Å². The number of nitrogens with one attached hydrogen (secondary N) is 1. The maximum absolute atomic E-state index is 12.5. The van der Waals surface area contributed by atoms with Crippen LogP contribution in [0.3, 0.4) is 0 Å². The molecular weight excluding hydrogens is 358 g/mol. The van der Waals surface area contributed by atoms with E-state index in [2.05, 4.69) is 10.5 Å². The number of aryl methyl sites for hydroxylation is 1. The molecule has 1 aromatic carbocycles. The normalized spacial score (nSPS) is 16.9. The number of carbonyl (C=O) groups is 2. The Balaban J connectivity index is 1.49. The zero-order valence-corrected chi connectivity index (χ0v) is 16.4. The second-order valence-corrected chi connectivity index (χ2v) is 7.03. The first-order valence-electron chi connectivity index (χ1n) is 9.72. The summed E-state index contributed by atoms with van der Waals surface area (Å²) in [5.41, 5.74) is 2.01. The number of amides is 2. The smallest absolute Gasteiger partial charge is 0.225 e. The van der Waals surface area contributed by atoms with Gasteiger partial charge in [-0.1, -0.05) is 24.2 Å². The number of hydrogen-bond acceptors (Lipinski definition) is 5. The van der Waals surface area contributed by atoms with Crippen LogP contribution in [0.5, 0.6) is 5.75 Å². The van der Waals surface area contributed by atoms with Gasteiger partial charge in [-0.05, 0) is 37.0 Å². The highest BCUT2D eigenvalue weighted by molar-refractivity contribution is 5.83. The van der Waals surface area contributed by atoms with Crippen molar-refractivity contribution in [1.29, 1.82) is 0 Å². The summed E-state index contributed by atoms with van der Waals surface area (Å²) in [7, 11) is 1.64. The van der Waals surface area contributed by atoms with Crippen molar-refractivity contribution >= 4 is 11.8 Å². The molecule has 2 heterocycles. The lowest BCUT2D eigenvalue weighted by Crippen LogP contribution is -2.46. The SMILES string of the molecule is CCc1cc(CNC(=O)[C@@H]2CCC(=O)N(CCc3ccc(OC)cc3)C2)on1. The molecule has 28 heavy (non-hydrogen) atoms. The van der Waals surface area contributed by atoms with Crippen LogP contribution in [0, 0.1) is 5.92 Å². The molecule has 0 spiro atoms. The second-order valence-electron chi connectivity index (χ2n) is 7.03. The first-order valence-corrected chi connectivity index (χ1v) is 9.72. The van der Waals surface area contributed by atoms with Gasteiger partial charge in [-0.15, -0.1) is 0 Å². The van der Waals surface area contributed by atoms with Gasteiger partial charge in [-0.25, -0.2) is 0 Å². The molecule has 2 aromatic rings. The van der Waals surface area contributed by atoms with E-state index in [1.54, 1.807) is 12.0 Å². The van der Waals surface area contributed by atoms with Crippen molar-refractivity contribution in [2.45, 2.75) is 39.2 Å². The highest BCUT2D eigenvalue weighted by Gasteiger charge is 2.30.